The Balaban J connectivity index is 2.94. The molecule has 0 aliphatic rings. The average Bonchev–Trinajstić information content (AvgIpc) is 2.13. The molecule has 3 heteroatoms. The Bertz CT molecular complexity index is 193. The van der Waals surface area contributed by atoms with Gasteiger partial charge in [0.15, 0.2) is 0 Å². The van der Waals surface area contributed by atoms with E-state index >= 15 is 0 Å². The van der Waals surface area contributed by atoms with E-state index in [1.165, 1.54) is 4.88 Å². The molecule has 0 bridgehead atoms. The summed E-state index contributed by atoms with van der Waals surface area (Å²) >= 11 is 1.64. The summed E-state index contributed by atoms with van der Waals surface area (Å²) in [6.45, 7) is 3.98. The molecule has 0 saturated heterocycles. The average molecular weight is 142 g/mol. The Hall–Kier alpha value is -0.410. The molecule has 0 radical (unpaired) electrons. The van der Waals surface area contributed by atoms with Gasteiger partial charge in [-0.15, -0.1) is 11.3 Å². The van der Waals surface area contributed by atoms with Crippen LogP contribution in [0.25, 0.3) is 0 Å². The van der Waals surface area contributed by atoms with Crippen molar-refractivity contribution in [2.45, 2.75) is 19.9 Å². The molecular formula is C6H10N2S. The smallest absolute Gasteiger partial charge is 0.0798 e. The van der Waals surface area contributed by atoms with Gasteiger partial charge >= 0.3 is 0 Å². The van der Waals surface area contributed by atoms with Crippen molar-refractivity contribution < 1.29 is 0 Å². The van der Waals surface area contributed by atoms with Gasteiger partial charge < -0.3 is 5.73 Å². The summed E-state index contributed by atoms with van der Waals surface area (Å²) in [6, 6.07) is 0.0799. The van der Waals surface area contributed by atoms with Crippen LogP contribution in [0.3, 0.4) is 0 Å². The van der Waals surface area contributed by atoms with Crippen LogP contribution in [0.1, 0.15) is 23.5 Å². The molecule has 0 aliphatic carbocycles. The molecule has 1 atom stereocenters. The van der Waals surface area contributed by atoms with Crippen LogP contribution in [0.2, 0.25) is 0 Å². The van der Waals surface area contributed by atoms with E-state index in [1.54, 1.807) is 11.3 Å². The monoisotopic (exact) mass is 142 g/mol. The summed E-state index contributed by atoms with van der Waals surface area (Å²) in [5.74, 6) is 0. The maximum absolute atomic E-state index is 5.60. The SMILES string of the molecule is Cc1scnc1C(C)N. The van der Waals surface area contributed by atoms with E-state index in [0.29, 0.717) is 0 Å². The predicted molar refractivity (Wildman–Crippen MR) is 39.5 cm³/mol. The number of nitrogens with two attached hydrogens (primary N) is 1. The zero-order valence-electron chi connectivity index (χ0n) is 5.59. The van der Waals surface area contributed by atoms with Crippen molar-refractivity contribution in [1.29, 1.82) is 0 Å². The van der Waals surface area contributed by atoms with Crippen molar-refractivity contribution in [1.82, 2.24) is 4.98 Å². The molecule has 1 unspecified atom stereocenters. The second-order valence-electron chi connectivity index (χ2n) is 2.08. The number of rotatable bonds is 1. The Labute approximate surface area is 58.7 Å². The third-order valence-electron chi connectivity index (χ3n) is 1.21. The zero-order valence-corrected chi connectivity index (χ0v) is 6.40. The largest absolute Gasteiger partial charge is 0.323 e. The van der Waals surface area contributed by atoms with Crippen molar-refractivity contribution in [3.05, 3.63) is 16.1 Å². The molecule has 0 fully saturated rings. The van der Waals surface area contributed by atoms with Gasteiger partial charge in [-0.1, -0.05) is 0 Å². The molecule has 0 aromatic carbocycles. The Morgan fingerprint density at radius 3 is 2.67 bits per heavy atom. The molecule has 1 heterocycles. The molecule has 1 aromatic heterocycles. The van der Waals surface area contributed by atoms with Crippen LogP contribution in [-0.4, -0.2) is 4.98 Å². The third kappa shape index (κ3) is 1.28. The van der Waals surface area contributed by atoms with E-state index in [1.807, 2.05) is 19.4 Å². The molecule has 1 rings (SSSR count). The Morgan fingerprint density at radius 1 is 1.78 bits per heavy atom. The Morgan fingerprint density at radius 2 is 2.44 bits per heavy atom. The van der Waals surface area contributed by atoms with Gasteiger partial charge in [-0.25, -0.2) is 4.98 Å². The number of hydrogen-bond acceptors (Lipinski definition) is 3. The first kappa shape index (κ1) is 6.71. The lowest BCUT2D eigenvalue weighted by Gasteiger charge is -1.99. The highest BCUT2D eigenvalue weighted by atomic mass is 32.1. The van der Waals surface area contributed by atoms with Gasteiger partial charge in [0.2, 0.25) is 0 Å². The van der Waals surface area contributed by atoms with Crippen molar-refractivity contribution in [2.75, 3.05) is 0 Å². The van der Waals surface area contributed by atoms with Gasteiger partial charge in [-0.3, -0.25) is 0 Å². The third-order valence-corrected chi connectivity index (χ3v) is 1.99. The summed E-state index contributed by atoms with van der Waals surface area (Å²) < 4.78 is 0. The zero-order chi connectivity index (χ0) is 6.85. The van der Waals surface area contributed by atoms with Crippen LogP contribution < -0.4 is 5.73 Å². The van der Waals surface area contributed by atoms with Gasteiger partial charge in [-0.2, -0.15) is 0 Å². The van der Waals surface area contributed by atoms with Crippen LogP contribution >= 0.6 is 11.3 Å². The van der Waals surface area contributed by atoms with E-state index in [-0.39, 0.29) is 6.04 Å². The minimum atomic E-state index is 0.0799. The summed E-state index contributed by atoms with van der Waals surface area (Å²) in [4.78, 5) is 5.34. The lowest BCUT2D eigenvalue weighted by molar-refractivity contribution is 0.782. The first-order valence-corrected chi connectivity index (χ1v) is 3.75. The minimum absolute atomic E-state index is 0.0799. The lowest BCUT2D eigenvalue weighted by Crippen LogP contribution is -2.06. The fourth-order valence-electron chi connectivity index (χ4n) is 0.752. The normalized spacial score (nSPS) is 13.7. The Kier molecular flexibility index (Phi) is 1.83. The van der Waals surface area contributed by atoms with E-state index in [2.05, 4.69) is 4.98 Å². The maximum atomic E-state index is 5.60. The molecule has 2 nitrogen and oxygen atoms in total. The molecule has 2 N–H and O–H groups in total. The maximum Gasteiger partial charge on any atom is 0.0798 e. The van der Waals surface area contributed by atoms with Crippen molar-refractivity contribution in [3.8, 4) is 0 Å². The van der Waals surface area contributed by atoms with Crippen LogP contribution in [0.15, 0.2) is 5.51 Å². The highest BCUT2D eigenvalue weighted by molar-refractivity contribution is 7.09. The van der Waals surface area contributed by atoms with E-state index in [9.17, 15) is 0 Å². The van der Waals surface area contributed by atoms with Crippen molar-refractivity contribution in [3.63, 3.8) is 0 Å². The summed E-state index contributed by atoms with van der Waals surface area (Å²) in [7, 11) is 0. The second-order valence-corrected chi connectivity index (χ2v) is 3.14. The van der Waals surface area contributed by atoms with Crippen LogP contribution in [0.5, 0.6) is 0 Å². The predicted octanol–water partition coefficient (Wildman–Crippen LogP) is 1.47. The minimum Gasteiger partial charge on any atom is -0.323 e. The van der Waals surface area contributed by atoms with Gasteiger partial charge in [0.05, 0.1) is 11.2 Å². The second kappa shape index (κ2) is 2.45. The van der Waals surface area contributed by atoms with E-state index in [4.69, 9.17) is 5.73 Å². The highest BCUT2D eigenvalue weighted by Gasteiger charge is 2.04. The first-order valence-electron chi connectivity index (χ1n) is 2.87. The van der Waals surface area contributed by atoms with Crippen LogP contribution in [0, 0.1) is 6.92 Å². The quantitative estimate of drug-likeness (QED) is 0.645. The lowest BCUT2D eigenvalue weighted by atomic mass is 10.2. The fraction of sp³-hybridized carbons (Fsp3) is 0.500. The molecule has 1 aromatic rings. The van der Waals surface area contributed by atoms with Gasteiger partial charge in [0, 0.05) is 10.9 Å². The standard InChI is InChI=1S/C6H10N2S/c1-4(7)6-5(2)9-3-8-6/h3-4H,7H2,1-2H3. The van der Waals surface area contributed by atoms with Crippen molar-refractivity contribution in [2.24, 2.45) is 5.73 Å². The van der Waals surface area contributed by atoms with E-state index < -0.39 is 0 Å². The topological polar surface area (TPSA) is 38.9 Å². The number of nitrogens with zero attached hydrogens (tertiary/aromatic N) is 1. The van der Waals surface area contributed by atoms with Gasteiger partial charge in [0.1, 0.15) is 0 Å². The molecule has 50 valence electrons. The molecule has 0 saturated carbocycles. The fourth-order valence-corrected chi connectivity index (χ4v) is 1.44. The number of aryl methyl sites for hydroxylation is 1. The first-order chi connectivity index (χ1) is 4.22. The van der Waals surface area contributed by atoms with Crippen LogP contribution in [0.4, 0.5) is 0 Å². The molecular weight excluding hydrogens is 132 g/mol. The summed E-state index contributed by atoms with van der Waals surface area (Å²) in [6.07, 6.45) is 0. The summed E-state index contributed by atoms with van der Waals surface area (Å²) in [5, 5.41) is 0. The number of hydrogen-bond donors (Lipinski definition) is 1. The van der Waals surface area contributed by atoms with Crippen molar-refractivity contribution >= 4 is 11.3 Å². The molecule has 0 amide bonds. The number of aromatic nitrogens is 1. The molecule has 0 aliphatic heterocycles. The van der Waals surface area contributed by atoms with Gasteiger partial charge in [0.25, 0.3) is 0 Å². The highest BCUT2D eigenvalue weighted by Crippen LogP contribution is 2.16. The van der Waals surface area contributed by atoms with E-state index in [0.717, 1.165) is 5.69 Å². The number of thiazole rings is 1. The molecule has 0 spiro atoms. The van der Waals surface area contributed by atoms with Gasteiger partial charge in [-0.05, 0) is 13.8 Å². The summed E-state index contributed by atoms with van der Waals surface area (Å²) in [5.41, 5.74) is 8.46. The molecule has 9 heavy (non-hydrogen) atoms. The van der Waals surface area contributed by atoms with Crippen LogP contribution in [-0.2, 0) is 0 Å².